The van der Waals surface area contributed by atoms with Crippen molar-refractivity contribution in [1.82, 2.24) is 4.98 Å². The highest BCUT2D eigenvalue weighted by Crippen LogP contribution is 2.58. The largest absolute Gasteiger partial charge is 0.497 e. The Morgan fingerprint density at radius 1 is 0.872 bits per heavy atom. The number of carbonyl (C=O) groups is 2. The Balaban J connectivity index is 1.29. The quantitative estimate of drug-likeness (QED) is 0.305. The van der Waals surface area contributed by atoms with Gasteiger partial charge in [-0.25, -0.2) is 4.90 Å². The molecule has 0 spiro atoms. The third-order valence-electron chi connectivity index (χ3n) is 9.19. The lowest BCUT2D eigenvalue weighted by molar-refractivity contribution is -0.123. The molecule has 1 aliphatic heterocycles. The lowest BCUT2D eigenvalue weighted by Gasteiger charge is -2.43. The summed E-state index contributed by atoms with van der Waals surface area (Å²) in [4.78, 5) is 33.4. The van der Waals surface area contributed by atoms with Gasteiger partial charge in [-0.05, 0) is 78.1 Å². The second-order valence-electron chi connectivity index (χ2n) is 11.2. The van der Waals surface area contributed by atoms with Crippen LogP contribution in [0.25, 0.3) is 0 Å². The zero-order chi connectivity index (χ0) is 26.5. The molecular weight excluding hydrogens is 484 g/mol. The third kappa shape index (κ3) is 3.99. The lowest BCUT2D eigenvalue weighted by Crippen LogP contribution is -2.39. The van der Waals surface area contributed by atoms with Crippen molar-refractivity contribution >= 4 is 17.5 Å². The van der Waals surface area contributed by atoms with E-state index in [0.717, 1.165) is 42.7 Å². The average Bonchev–Trinajstić information content (AvgIpc) is 3.52. The summed E-state index contributed by atoms with van der Waals surface area (Å²) in [6.45, 7) is 0. The molecule has 2 aliphatic carbocycles. The number of hydrogen-bond donors (Lipinski definition) is 1. The number of H-pyrrole nitrogens is 1. The van der Waals surface area contributed by atoms with Crippen LogP contribution in [0, 0.1) is 11.8 Å². The van der Waals surface area contributed by atoms with Crippen LogP contribution in [0.2, 0.25) is 0 Å². The van der Waals surface area contributed by atoms with Gasteiger partial charge in [0.05, 0.1) is 24.6 Å². The first-order valence-electron chi connectivity index (χ1n) is 13.9. The fourth-order valence-corrected chi connectivity index (χ4v) is 7.44. The molecule has 3 aliphatic rings. The van der Waals surface area contributed by atoms with E-state index in [4.69, 9.17) is 4.74 Å². The van der Waals surface area contributed by atoms with E-state index in [0.29, 0.717) is 11.6 Å². The summed E-state index contributed by atoms with van der Waals surface area (Å²) in [5, 5.41) is 0. The maximum absolute atomic E-state index is 14.1. The Hall–Kier alpha value is -4.12. The third-order valence-corrected chi connectivity index (χ3v) is 9.19. The number of aromatic amines is 1. The number of anilines is 1. The van der Waals surface area contributed by atoms with Crippen molar-refractivity contribution in [3.63, 3.8) is 0 Å². The Morgan fingerprint density at radius 3 is 2.31 bits per heavy atom. The van der Waals surface area contributed by atoms with Crippen LogP contribution in [0.15, 0.2) is 91.0 Å². The van der Waals surface area contributed by atoms with E-state index >= 15 is 0 Å². The van der Waals surface area contributed by atoms with Gasteiger partial charge in [0.2, 0.25) is 11.8 Å². The summed E-state index contributed by atoms with van der Waals surface area (Å²) in [5.41, 5.74) is 6.47. The van der Waals surface area contributed by atoms with Gasteiger partial charge in [0.1, 0.15) is 5.75 Å². The first kappa shape index (κ1) is 24.0. The second-order valence-corrected chi connectivity index (χ2v) is 11.2. The Labute approximate surface area is 228 Å². The van der Waals surface area contributed by atoms with Gasteiger partial charge in [-0.15, -0.1) is 0 Å². The molecule has 3 aromatic carbocycles. The van der Waals surface area contributed by atoms with Crippen molar-refractivity contribution in [1.29, 1.82) is 0 Å². The zero-order valence-corrected chi connectivity index (χ0v) is 22.0. The van der Waals surface area contributed by atoms with Crippen LogP contribution < -0.4 is 9.64 Å². The predicted octanol–water partition coefficient (Wildman–Crippen LogP) is 6.57. The normalized spacial score (nSPS) is 25.7. The van der Waals surface area contributed by atoms with Crippen molar-refractivity contribution in [3.05, 3.63) is 119 Å². The summed E-state index contributed by atoms with van der Waals surface area (Å²) in [5.74, 6) is 0.711. The van der Waals surface area contributed by atoms with Crippen molar-refractivity contribution in [3.8, 4) is 5.75 Å². The number of rotatable bonds is 5. The molecule has 1 unspecified atom stereocenters. The molecule has 1 N–H and O–H groups in total. The number of imide groups is 1. The van der Waals surface area contributed by atoms with Crippen LogP contribution in [0.4, 0.5) is 5.69 Å². The minimum atomic E-state index is -0.440. The molecule has 1 aromatic heterocycles. The van der Waals surface area contributed by atoms with E-state index in [2.05, 4.69) is 53.5 Å². The molecule has 196 valence electrons. The molecule has 4 aromatic rings. The van der Waals surface area contributed by atoms with Gasteiger partial charge in [-0.1, -0.05) is 60.7 Å². The predicted molar refractivity (Wildman–Crippen MR) is 151 cm³/mol. The number of aromatic nitrogens is 1. The molecule has 2 heterocycles. The van der Waals surface area contributed by atoms with Crippen molar-refractivity contribution in [2.75, 3.05) is 12.0 Å². The molecule has 39 heavy (non-hydrogen) atoms. The number of methoxy groups -OCH3 is 1. The van der Waals surface area contributed by atoms with Crippen LogP contribution >= 0.6 is 0 Å². The number of nitrogens with zero attached hydrogens (tertiary/aromatic N) is 1. The maximum atomic E-state index is 14.1. The summed E-state index contributed by atoms with van der Waals surface area (Å²) in [7, 11) is 1.67. The summed E-state index contributed by atoms with van der Waals surface area (Å²) < 4.78 is 5.32. The van der Waals surface area contributed by atoms with Gasteiger partial charge in [0.15, 0.2) is 0 Å². The van der Waals surface area contributed by atoms with E-state index in [1.54, 1.807) is 7.11 Å². The van der Waals surface area contributed by atoms with Gasteiger partial charge in [0, 0.05) is 23.7 Å². The summed E-state index contributed by atoms with van der Waals surface area (Å²) >= 11 is 0. The number of hydrogen-bond acceptors (Lipinski definition) is 3. The van der Waals surface area contributed by atoms with Gasteiger partial charge in [-0.3, -0.25) is 9.59 Å². The number of benzene rings is 3. The van der Waals surface area contributed by atoms with Crippen LogP contribution in [0.5, 0.6) is 5.75 Å². The topological polar surface area (TPSA) is 62.4 Å². The summed E-state index contributed by atoms with van der Waals surface area (Å²) in [6, 6.07) is 30.4. The van der Waals surface area contributed by atoms with Crippen LogP contribution in [0.1, 0.15) is 65.1 Å². The molecular formula is C34H32N2O3. The SMILES string of the molecule is COc1ccc(Cc2cc3c([nH]2)[C@H]2CCC(c4ccccc4)C[C@@H]2[C@@H]2C(=O)N(c4ccccc4)C(=O)[C@H]32)cc1. The van der Waals surface area contributed by atoms with E-state index in [-0.39, 0.29) is 29.6 Å². The molecule has 5 heteroatoms. The minimum Gasteiger partial charge on any atom is -0.497 e. The monoisotopic (exact) mass is 516 g/mol. The molecule has 2 fully saturated rings. The van der Waals surface area contributed by atoms with Crippen molar-refractivity contribution in [2.45, 2.75) is 43.4 Å². The number of para-hydroxylation sites is 1. The van der Waals surface area contributed by atoms with Gasteiger partial charge in [-0.2, -0.15) is 0 Å². The lowest BCUT2D eigenvalue weighted by atomic mass is 9.59. The number of ether oxygens (including phenoxy) is 1. The maximum Gasteiger partial charge on any atom is 0.242 e. The first-order chi connectivity index (χ1) is 19.1. The standard InChI is InChI=1S/C34H32N2O3/c1-39-26-15-12-21(13-16-26)18-24-20-29-31-30(33(37)36(34(31)38)25-10-6-3-7-11-25)28-19-23(22-8-4-2-5-9-22)14-17-27(28)32(29)35-24/h2-13,15-16,20,23,27-28,30-31,35H,14,17-19H2,1H3/t23?,27-,28-,30-,31+/m0/s1. The fraction of sp³-hybridized carbons (Fsp3) is 0.294. The molecule has 1 saturated carbocycles. The van der Waals surface area contributed by atoms with Crippen LogP contribution in [-0.4, -0.2) is 23.9 Å². The zero-order valence-electron chi connectivity index (χ0n) is 22.0. The van der Waals surface area contributed by atoms with Crippen LogP contribution in [0.3, 0.4) is 0 Å². The fourth-order valence-electron chi connectivity index (χ4n) is 7.44. The summed E-state index contributed by atoms with van der Waals surface area (Å²) in [6.07, 6.45) is 3.75. The molecule has 5 nitrogen and oxygen atoms in total. The van der Waals surface area contributed by atoms with Gasteiger partial charge in [0.25, 0.3) is 0 Å². The molecule has 0 bridgehead atoms. The van der Waals surface area contributed by atoms with Crippen LogP contribution in [-0.2, 0) is 16.0 Å². The Kier molecular flexibility index (Phi) is 5.88. The number of carbonyl (C=O) groups excluding carboxylic acids is 2. The first-order valence-corrected chi connectivity index (χ1v) is 13.9. The number of nitrogens with one attached hydrogen (secondary N) is 1. The van der Waals surface area contributed by atoms with E-state index < -0.39 is 5.92 Å². The molecule has 0 radical (unpaired) electrons. The Bertz CT molecular complexity index is 1510. The highest BCUT2D eigenvalue weighted by molar-refractivity contribution is 6.24. The Morgan fingerprint density at radius 2 is 1.59 bits per heavy atom. The second kappa shape index (κ2) is 9.57. The molecule has 2 amide bonds. The van der Waals surface area contributed by atoms with Gasteiger partial charge < -0.3 is 9.72 Å². The molecule has 7 rings (SSSR count). The number of fused-ring (bicyclic) bond motifs is 6. The average molecular weight is 517 g/mol. The van der Waals surface area contributed by atoms with E-state index in [9.17, 15) is 9.59 Å². The van der Waals surface area contributed by atoms with Crippen molar-refractivity contribution in [2.24, 2.45) is 11.8 Å². The minimum absolute atomic E-state index is 0.0385. The highest BCUT2D eigenvalue weighted by atomic mass is 16.5. The van der Waals surface area contributed by atoms with Crippen molar-refractivity contribution < 1.29 is 14.3 Å². The molecule has 5 atom stereocenters. The van der Waals surface area contributed by atoms with E-state index in [1.165, 1.54) is 21.7 Å². The number of amides is 2. The smallest absolute Gasteiger partial charge is 0.242 e. The van der Waals surface area contributed by atoms with E-state index in [1.807, 2.05) is 42.5 Å². The highest BCUT2D eigenvalue weighted by Gasteiger charge is 2.58. The molecule has 1 saturated heterocycles. The van der Waals surface area contributed by atoms with Gasteiger partial charge >= 0.3 is 0 Å².